The summed E-state index contributed by atoms with van der Waals surface area (Å²) in [5.74, 6) is 0.598. The van der Waals surface area contributed by atoms with Gasteiger partial charge in [-0.25, -0.2) is 0 Å². The van der Waals surface area contributed by atoms with Crippen LogP contribution in [0.25, 0.3) is 0 Å². The van der Waals surface area contributed by atoms with Crippen molar-refractivity contribution >= 4 is 0 Å². The number of rotatable bonds is 4. The molecule has 2 N–H and O–H groups in total. The van der Waals surface area contributed by atoms with Crippen molar-refractivity contribution in [3.8, 4) is 0 Å². The van der Waals surface area contributed by atoms with E-state index in [1.165, 1.54) is 5.56 Å². The third kappa shape index (κ3) is 3.85. The lowest BCUT2D eigenvalue weighted by molar-refractivity contribution is -0.149. The number of hydrogen-bond acceptors (Lipinski definition) is 3. The van der Waals surface area contributed by atoms with Crippen molar-refractivity contribution in [2.24, 2.45) is 11.7 Å². The maximum absolute atomic E-state index is 6.50. The van der Waals surface area contributed by atoms with Crippen LogP contribution in [-0.4, -0.2) is 31.5 Å². The van der Waals surface area contributed by atoms with Crippen LogP contribution in [0.3, 0.4) is 0 Å². The third-order valence-electron chi connectivity index (χ3n) is 5.15. The molecule has 0 radical (unpaired) electrons. The molecule has 2 unspecified atom stereocenters. The summed E-state index contributed by atoms with van der Waals surface area (Å²) in [6.45, 7) is 2.54. The summed E-state index contributed by atoms with van der Waals surface area (Å²) in [5, 5.41) is 0. The molecule has 3 heteroatoms. The van der Waals surface area contributed by atoms with Gasteiger partial charge in [-0.1, -0.05) is 30.3 Å². The van der Waals surface area contributed by atoms with Gasteiger partial charge in [-0.05, 0) is 50.0 Å². The molecule has 2 aliphatic rings. The Bertz CT molecular complexity index is 423. The quantitative estimate of drug-likeness (QED) is 0.927. The Kier molecular flexibility index (Phi) is 4.94. The van der Waals surface area contributed by atoms with Crippen molar-refractivity contribution in [2.45, 2.75) is 50.2 Å². The van der Waals surface area contributed by atoms with Gasteiger partial charge in [0.05, 0.1) is 5.60 Å². The van der Waals surface area contributed by atoms with Crippen LogP contribution in [0.15, 0.2) is 30.3 Å². The molecule has 0 saturated carbocycles. The number of aryl methyl sites for hydroxylation is 1. The van der Waals surface area contributed by atoms with Gasteiger partial charge in [0.1, 0.15) is 0 Å². The molecular formula is C18H27NO2. The number of hydrogen-bond donors (Lipinski definition) is 1. The van der Waals surface area contributed by atoms with Crippen LogP contribution in [0.4, 0.5) is 0 Å². The zero-order chi connectivity index (χ0) is 14.5. The molecule has 2 aliphatic heterocycles. The SMILES string of the molecule is NC(CCc1ccccc1)C1CCOC2(CCOCC2)C1. The highest BCUT2D eigenvalue weighted by Crippen LogP contribution is 2.38. The second-order valence-corrected chi connectivity index (χ2v) is 6.58. The first-order valence-electron chi connectivity index (χ1n) is 8.29. The number of nitrogens with two attached hydrogens (primary N) is 1. The second-order valence-electron chi connectivity index (χ2n) is 6.58. The van der Waals surface area contributed by atoms with E-state index in [0.717, 1.165) is 58.3 Å². The Morgan fingerprint density at radius 2 is 1.90 bits per heavy atom. The zero-order valence-corrected chi connectivity index (χ0v) is 12.8. The predicted octanol–water partition coefficient (Wildman–Crippen LogP) is 2.92. The van der Waals surface area contributed by atoms with Crippen LogP contribution in [0.1, 0.15) is 37.7 Å². The van der Waals surface area contributed by atoms with Gasteiger partial charge in [0.15, 0.2) is 0 Å². The lowest BCUT2D eigenvalue weighted by Crippen LogP contribution is -2.48. The van der Waals surface area contributed by atoms with Crippen LogP contribution in [-0.2, 0) is 15.9 Å². The van der Waals surface area contributed by atoms with Crippen molar-refractivity contribution in [2.75, 3.05) is 19.8 Å². The molecule has 2 atom stereocenters. The molecule has 0 aromatic heterocycles. The molecule has 1 aromatic rings. The van der Waals surface area contributed by atoms with Gasteiger partial charge in [-0.2, -0.15) is 0 Å². The first-order valence-corrected chi connectivity index (χ1v) is 8.29. The lowest BCUT2D eigenvalue weighted by atomic mass is 9.77. The Labute approximate surface area is 127 Å². The summed E-state index contributed by atoms with van der Waals surface area (Å²) in [7, 11) is 0. The van der Waals surface area contributed by atoms with Crippen LogP contribution >= 0.6 is 0 Å². The summed E-state index contributed by atoms with van der Waals surface area (Å²) in [6, 6.07) is 10.9. The fraction of sp³-hybridized carbons (Fsp3) is 0.667. The first kappa shape index (κ1) is 15.0. The van der Waals surface area contributed by atoms with Gasteiger partial charge >= 0.3 is 0 Å². The summed E-state index contributed by atoms with van der Waals surface area (Å²) in [5.41, 5.74) is 7.95. The maximum atomic E-state index is 6.50. The largest absolute Gasteiger partial charge is 0.381 e. The maximum Gasteiger partial charge on any atom is 0.0729 e. The van der Waals surface area contributed by atoms with E-state index < -0.39 is 0 Å². The van der Waals surface area contributed by atoms with Gasteiger partial charge in [-0.15, -0.1) is 0 Å². The van der Waals surface area contributed by atoms with E-state index >= 15 is 0 Å². The molecular weight excluding hydrogens is 262 g/mol. The summed E-state index contributed by atoms with van der Waals surface area (Å²) in [4.78, 5) is 0. The minimum atomic E-state index is 0.0610. The molecule has 3 nitrogen and oxygen atoms in total. The fourth-order valence-corrected chi connectivity index (χ4v) is 3.74. The Morgan fingerprint density at radius 1 is 1.14 bits per heavy atom. The standard InChI is InChI=1S/C18H27NO2/c19-17(7-6-15-4-2-1-3-5-15)16-8-11-21-18(14-16)9-12-20-13-10-18/h1-5,16-17H,6-14,19H2. The van der Waals surface area contributed by atoms with Gasteiger partial charge < -0.3 is 15.2 Å². The topological polar surface area (TPSA) is 44.5 Å². The molecule has 21 heavy (non-hydrogen) atoms. The van der Waals surface area contributed by atoms with E-state index in [4.69, 9.17) is 15.2 Å². The molecule has 2 fully saturated rings. The van der Waals surface area contributed by atoms with Crippen molar-refractivity contribution in [1.29, 1.82) is 0 Å². The average Bonchev–Trinajstić information content (AvgIpc) is 2.54. The molecule has 0 bridgehead atoms. The van der Waals surface area contributed by atoms with Crippen molar-refractivity contribution < 1.29 is 9.47 Å². The highest BCUT2D eigenvalue weighted by atomic mass is 16.5. The molecule has 0 aliphatic carbocycles. The summed E-state index contributed by atoms with van der Waals surface area (Å²) < 4.78 is 11.6. The number of benzene rings is 1. The number of ether oxygens (including phenoxy) is 2. The van der Waals surface area contributed by atoms with Crippen LogP contribution in [0.2, 0.25) is 0 Å². The Morgan fingerprint density at radius 3 is 2.67 bits per heavy atom. The Hall–Kier alpha value is -0.900. The van der Waals surface area contributed by atoms with Crippen LogP contribution in [0, 0.1) is 5.92 Å². The van der Waals surface area contributed by atoms with E-state index in [2.05, 4.69) is 30.3 Å². The van der Waals surface area contributed by atoms with Gasteiger partial charge in [-0.3, -0.25) is 0 Å². The first-order chi connectivity index (χ1) is 10.3. The molecule has 0 amide bonds. The molecule has 2 heterocycles. The predicted molar refractivity (Wildman–Crippen MR) is 84.2 cm³/mol. The van der Waals surface area contributed by atoms with Crippen molar-refractivity contribution in [3.05, 3.63) is 35.9 Å². The van der Waals surface area contributed by atoms with E-state index in [1.54, 1.807) is 0 Å². The molecule has 2 saturated heterocycles. The van der Waals surface area contributed by atoms with Crippen LogP contribution in [0.5, 0.6) is 0 Å². The smallest absolute Gasteiger partial charge is 0.0729 e. The van der Waals surface area contributed by atoms with Gasteiger partial charge in [0.2, 0.25) is 0 Å². The fourth-order valence-electron chi connectivity index (χ4n) is 3.74. The van der Waals surface area contributed by atoms with Gasteiger partial charge in [0.25, 0.3) is 0 Å². The highest BCUT2D eigenvalue weighted by Gasteiger charge is 2.40. The monoisotopic (exact) mass is 289 g/mol. The van der Waals surface area contributed by atoms with Gasteiger partial charge in [0, 0.05) is 25.9 Å². The van der Waals surface area contributed by atoms with E-state index in [0.29, 0.717) is 5.92 Å². The lowest BCUT2D eigenvalue weighted by Gasteiger charge is -2.44. The second kappa shape index (κ2) is 6.91. The highest BCUT2D eigenvalue weighted by molar-refractivity contribution is 5.14. The molecule has 1 spiro atoms. The van der Waals surface area contributed by atoms with E-state index in [1.807, 2.05) is 0 Å². The summed E-state index contributed by atoms with van der Waals surface area (Å²) in [6.07, 6.45) is 6.45. The van der Waals surface area contributed by atoms with E-state index in [-0.39, 0.29) is 11.6 Å². The molecule has 116 valence electrons. The zero-order valence-electron chi connectivity index (χ0n) is 12.8. The molecule has 3 rings (SSSR count). The van der Waals surface area contributed by atoms with Crippen molar-refractivity contribution in [1.82, 2.24) is 0 Å². The summed E-state index contributed by atoms with van der Waals surface area (Å²) >= 11 is 0. The average molecular weight is 289 g/mol. The molecule has 1 aromatic carbocycles. The Balaban J connectivity index is 1.53. The third-order valence-corrected chi connectivity index (χ3v) is 5.15. The minimum absolute atomic E-state index is 0.0610. The van der Waals surface area contributed by atoms with E-state index in [9.17, 15) is 0 Å². The van der Waals surface area contributed by atoms with Crippen molar-refractivity contribution in [3.63, 3.8) is 0 Å². The minimum Gasteiger partial charge on any atom is -0.381 e. The van der Waals surface area contributed by atoms with Crippen LogP contribution < -0.4 is 5.73 Å². The normalized spacial score (nSPS) is 26.6.